The van der Waals surface area contributed by atoms with Crippen LogP contribution in [0.5, 0.6) is 0 Å². The molecule has 1 aromatic rings. The molecule has 0 bridgehead atoms. The summed E-state index contributed by atoms with van der Waals surface area (Å²) in [5.74, 6) is 0. The number of nitrogens with zero attached hydrogens (tertiary/aromatic N) is 2. The highest BCUT2D eigenvalue weighted by Crippen LogP contribution is 2.22. The van der Waals surface area contributed by atoms with Gasteiger partial charge in [0.05, 0.1) is 13.2 Å². The molecule has 0 amide bonds. The average molecular weight is 295 g/mol. The fourth-order valence-corrected chi connectivity index (χ4v) is 3.45. The monoisotopic (exact) mass is 294 g/mol. The summed E-state index contributed by atoms with van der Waals surface area (Å²) in [5.41, 5.74) is 1.25. The largest absolute Gasteiger partial charge is 0.379 e. The predicted molar refractivity (Wildman–Crippen MR) is 82.1 cm³/mol. The van der Waals surface area contributed by atoms with Crippen LogP contribution in [-0.4, -0.2) is 55.2 Å². The second kappa shape index (κ2) is 6.90. The maximum Gasteiger partial charge on any atom is 0.0594 e. The third kappa shape index (κ3) is 3.53. The second-order valence-corrected chi connectivity index (χ2v) is 6.15. The first kappa shape index (κ1) is 14.3. The van der Waals surface area contributed by atoms with Crippen LogP contribution in [0.1, 0.15) is 18.4 Å². The minimum atomic E-state index is 0.751. The summed E-state index contributed by atoms with van der Waals surface area (Å²) < 4.78 is 5.44. The Balaban J connectivity index is 1.50. The number of hydrogen-bond donors (Lipinski definition) is 0. The molecule has 3 nitrogen and oxygen atoms in total. The van der Waals surface area contributed by atoms with Crippen LogP contribution in [0.3, 0.4) is 0 Å². The Bertz CT molecular complexity index is 426. The lowest BCUT2D eigenvalue weighted by Gasteiger charge is -2.40. The van der Waals surface area contributed by atoms with Gasteiger partial charge in [-0.2, -0.15) is 0 Å². The molecular weight excluding hydrogens is 272 g/mol. The molecule has 0 spiro atoms. The van der Waals surface area contributed by atoms with Gasteiger partial charge in [0.1, 0.15) is 0 Å². The summed E-state index contributed by atoms with van der Waals surface area (Å²) >= 11 is 6.25. The number of hydrogen-bond acceptors (Lipinski definition) is 3. The summed E-state index contributed by atoms with van der Waals surface area (Å²) in [6.45, 7) is 7.35. The predicted octanol–water partition coefficient (Wildman–Crippen LogP) is 2.64. The van der Waals surface area contributed by atoms with Crippen LogP contribution in [0.15, 0.2) is 24.3 Å². The van der Waals surface area contributed by atoms with Gasteiger partial charge in [0, 0.05) is 30.7 Å². The van der Waals surface area contributed by atoms with Crippen LogP contribution in [0, 0.1) is 0 Å². The van der Waals surface area contributed by atoms with Crippen molar-refractivity contribution in [3.05, 3.63) is 34.9 Å². The van der Waals surface area contributed by atoms with E-state index in [2.05, 4.69) is 21.9 Å². The van der Waals surface area contributed by atoms with Crippen molar-refractivity contribution < 1.29 is 4.74 Å². The van der Waals surface area contributed by atoms with Gasteiger partial charge in [-0.15, -0.1) is 0 Å². The molecule has 0 saturated carbocycles. The number of piperidine rings is 1. The van der Waals surface area contributed by atoms with Crippen molar-refractivity contribution in [3.63, 3.8) is 0 Å². The standard InChI is InChI=1S/C16H23ClN2O/c17-16-4-2-1-3-14(16)13-18-7-5-15(6-8-18)19-9-11-20-12-10-19/h1-4,15H,5-13H2. The zero-order valence-corrected chi connectivity index (χ0v) is 12.7. The van der Waals surface area contributed by atoms with Crippen molar-refractivity contribution >= 4 is 11.6 Å². The van der Waals surface area contributed by atoms with E-state index in [1.807, 2.05) is 12.1 Å². The molecule has 3 rings (SSSR count). The van der Waals surface area contributed by atoms with Crippen LogP contribution in [-0.2, 0) is 11.3 Å². The first-order chi connectivity index (χ1) is 9.83. The fraction of sp³-hybridized carbons (Fsp3) is 0.625. The molecule has 110 valence electrons. The topological polar surface area (TPSA) is 15.7 Å². The van der Waals surface area contributed by atoms with Gasteiger partial charge in [0.25, 0.3) is 0 Å². The van der Waals surface area contributed by atoms with Gasteiger partial charge in [0.15, 0.2) is 0 Å². The third-order valence-corrected chi connectivity index (χ3v) is 4.84. The number of rotatable bonds is 3. The van der Waals surface area contributed by atoms with Gasteiger partial charge >= 0.3 is 0 Å². The first-order valence-corrected chi connectivity index (χ1v) is 7.98. The molecule has 0 aliphatic carbocycles. The Kier molecular flexibility index (Phi) is 4.94. The van der Waals surface area contributed by atoms with Crippen molar-refractivity contribution in [1.29, 1.82) is 0 Å². The third-order valence-electron chi connectivity index (χ3n) is 4.47. The van der Waals surface area contributed by atoms with E-state index in [0.29, 0.717) is 0 Å². The summed E-state index contributed by atoms with van der Waals surface area (Å²) in [4.78, 5) is 5.13. The highest BCUT2D eigenvalue weighted by atomic mass is 35.5. The number of ether oxygens (including phenoxy) is 1. The van der Waals surface area contributed by atoms with Gasteiger partial charge in [-0.25, -0.2) is 0 Å². The van der Waals surface area contributed by atoms with Gasteiger partial charge in [-0.3, -0.25) is 9.80 Å². The zero-order chi connectivity index (χ0) is 13.8. The molecule has 2 saturated heterocycles. The summed E-state index contributed by atoms with van der Waals surface area (Å²) in [6, 6.07) is 8.94. The van der Waals surface area contributed by atoms with Crippen molar-refractivity contribution in [3.8, 4) is 0 Å². The minimum absolute atomic E-state index is 0.751. The van der Waals surface area contributed by atoms with E-state index in [1.54, 1.807) is 0 Å². The van der Waals surface area contributed by atoms with Gasteiger partial charge in [-0.05, 0) is 37.6 Å². The van der Waals surface area contributed by atoms with E-state index in [1.165, 1.54) is 31.5 Å². The van der Waals surface area contributed by atoms with Crippen LogP contribution in [0.25, 0.3) is 0 Å². The molecule has 2 aliphatic heterocycles. The fourth-order valence-electron chi connectivity index (χ4n) is 3.25. The highest BCUT2D eigenvalue weighted by Gasteiger charge is 2.25. The molecule has 2 aliphatic rings. The normalized spacial score (nSPS) is 23.1. The Morgan fingerprint density at radius 3 is 2.45 bits per heavy atom. The Morgan fingerprint density at radius 1 is 1.05 bits per heavy atom. The molecule has 0 unspecified atom stereocenters. The van der Waals surface area contributed by atoms with Crippen LogP contribution >= 0.6 is 11.6 Å². The molecule has 0 aromatic heterocycles. The molecule has 0 radical (unpaired) electrons. The van der Waals surface area contributed by atoms with E-state index < -0.39 is 0 Å². The maximum atomic E-state index is 6.25. The van der Waals surface area contributed by atoms with Crippen molar-refractivity contribution in [2.45, 2.75) is 25.4 Å². The molecule has 0 atom stereocenters. The van der Waals surface area contributed by atoms with E-state index in [-0.39, 0.29) is 0 Å². The summed E-state index contributed by atoms with van der Waals surface area (Å²) in [7, 11) is 0. The van der Waals surface area contributed by atoms with Gasteiger partial charge in [-0.1, -0.05) is 29.8 Å². The smallest absolute Gasteiger partial charge is 0.0594 e. The number of likely N-dealkylation sites (tertiary alicyclic amines) is 1. The van der Waals surface area contributed by atoms with Crippen LogP contribution < -0.4 is 0 Å². The molecule has 1 aromatic carbocycles. The summed E-state index contributed by atoms with van der Waals surface area (Å²) in [6.07, 6.45) is 2.54. The molecule has 0 N–H and O–H groups in total. The number of halogens is 1. The van der Waals surface area contributed by atoms with Crippen molar-refractivity contribution in [1.82, 2.24) is 9.80 Å². The second-order valence-electron chi connectivity index (χ2n) is 5.75. The lowest BCUT2D eigenvalue weighted by molar-refractivity contribution is 0.000232. The van der Waals surface area contributed by atoms with Crippen molar-refractivity contribution in [2.24, 2.45) is 0 Å². The van der Waals surface area contributed by atoms with E-state index in [9.17, 15) is 0 Å². The van der Waals surface area contributed by atoms with Gasteiger partial charge < -0.3 is 4.74 Å². The van der Waals surface area contributed by atoms with E-state index >= 15 is 0 Å². The first-order valence-electron chi connectivity index (χ1n) is 7.60. The maximum absolute atomic E-state index is 6.25. The van der Waals surface area contributed by atoms with Gasteiger partial charge in [0.2, 0.25) is 0 Å². The van der Waals surface area contributed by atoms with Crippen molar-refractivity contribution in [2.75, 3.05) is 39.4 Å². The molecular formula is C16H23ClN2O. The Labute approximate surface area is 126 Å². The van der Waals surface area contributed by atoms with Crippen LogP contribution in [0.2, 0.25) is 5.02 Å². The minimum Gasteiger partial charge on any atom is -0.379 e. The Morgan fingerprint density at radius 2 is 1.75 bits per heavy atom. The zero-order valence-electron chi connectivity index (χ0n) is 11.9. The molecule has 4 heteroatoms. The SMILES string of the molecule is Clc1ccccc1CN1CCC(N2CCOCC2)CC1. The summed E-state index contributed by atoms with van der Waals surface area (Å²) in [5, 5.41) is 0.891. The number of benzene rings is 1. The quantitative estimate of drug-likeness (QED) is 0.852. The lowest BCUT2D eigenvalue weighted by Crippen LogP contribution is -2.48. The molecule has 20 heavy (non-hydrogen) atoms. The number of morpholine rings is 1. The molecule has 2 heterocycles. The van der Waals surface area contributed by atoms with E-state index in [4.69, 9.17) is 16.3 Å². The average Bonchev–Trinajstić information content (AvgIpc) is 2.51. The highest BCUT2D eigenvalue weighted by molar-refractivity contribution is 6.31. The Hall–Kier alpha value is -0.610. The van der Waals surface area contributed by atoms with E-state index in [0.717, 1.165) is 43.9 Å². The molecule has 2 fully saturated rings. The van der Waals surface area contributed by atoms with Crippen LogP contribution in [0.4, 0.5) is 0 Å². The lowest BCUT2D eigenvalue weighted by atomic mass is 10.0.